The Balaban J connectivity index is 2.46. The van der Waals surface area contributed by atoms with Crippen molar-refractivity contribution in [3.05, 3.63) is 36.0 Å². The lowest BCUT2D eigenvalue weighted by Crippen LogP contribution is -2.17. The monoisotopic (exact) mass is 315 g/mol. The number of aromatic nitrogens is 1. The molecule has 1 heterocycles. The van der Waals surface area contributed by atoms with Crippen LogP contribution in [0.15, 0.2) is 40.5 Å². The third-order valence-corrected chi connectivity index (χ3v) is 3.44. The Hall–Kier alpha value is -2.63. The second kappa shape index (κ2) is 7.58. The van der Waals surface area contributed by atoms with Gasteiger partial charge in [-0.3, -0.25) is 0 Å². The molecule has 23 heavy (non-hydrogen) atoms. The van der Waals surface area contributed by atoms with Crippen LogP contribution in [-0.4, -0.2) is 28.9 Å². The average Bonchev–Trinajstić information content (AvgIpc) is 2.88. The molecule has 6 heteroatoms. The number of aryl methyl sites for hydroxylation is 1. The minimum atomic E-state index is -0.791. The summed E-state index contributed by atoms with van der Waals surface area (Å²) in [6.07, 6.45) is -0.0217. The van der Waals surface area contributed by atoms with Gasteiger partial charge in [-0.05, 0) is 32.4 Å². The van der Waals surface area contributed by atoms with Crippen molar-refractivity contribution in [2.24, 2.45) is 17.3 Å². The van der Waals surface area contributed by atoms with Gasteiger partial charge in [0.1, 0.15) is 5.69 Å². The van der Waals surface area contributed by atoms with Gasteiger partial charge in [-0.1, -0.05) is 25.1 Å². The first-order chi connectivity index (χ1) is 11.1. The molecule has 0 saturated carbocycles. The van der Waals surface area contributed by atoms with Gasteiger partial charge in [0.15, 0.2) is 0 Å². The lowest BCUT2D eigenvalue weighted by Gasteiger charge is -2.07. The molecule has 0 fully saturated rings. The maximum absolute atomic E-state index is 11.7. The van der Waals surface area contributed by atoms with E-state index in [9.17, 15) is 4.79 Å². The fourth-order valence-electron chi connectivity index (χ4n) is 2.05. The normalized spacial score (nSPS) is 12.5. The summed E-state index contributed by atoms with van der Waals surface area (Å²) in [6.45, 7) is 5.80. The summed E-state index contributed by atoms with van der Waals surface area (Å²) in [6, 6.07) is 9.79. The Morgan fingerprint density at radius 2 is 1.96 bits per heavy atom. The lowest BCUT2D eigenvalue weighted by atomic mass is 10.2. The highest BCUT2D eigenvalue weighted by molar-refractivity contribution is 6.02. The molecular formula is C17H21N3O3. The molecule has 0 amide bonds. The van der Waals surface area contributed by atoms with E-state index >= 15 is 0 Å². The number of hydrogen-bond acceptors (Lipinski definition) is 5. The molecule has 1 aromatic carbocycles. The smallest absolute Gasteiger partial charge is 0.434 e. The zero-order valence-corrected chi connectivity index (χ0v) is 13.9. The van der Waals surface area contributed by atoms with Crippen LogP contribution in [0.1, 0.15) is 32.9 Å². The Kier molecular flexibility index (Phi) is 5.51. The standard InChI is InChI=1S/C17H21N3O3/c1-5-12(3)18-19-16(23-17(21)22-6-2)15-11-13-9-7-8-10-14(13)20(15)4/h7-11H,5-6H2,1-4H3/b18-12+,19-16-. The van der Waals surface area contributed by atoms with Crippen molar-refractivity contribution in [1.82, 2.24) is 4.57 Å². The van der Waals surface area contributed by atoms with Crippen molar-refractivity contribution < 1.29 is 14.3 Å². The van der Waals surface area contributed by atoms with E-state index in [4.69, 9.17) is 9.47 Å². The van der Waals surface area contributed by atoms with Gasteiger partial charge >= 0.3 is 6.16 Å². The fraction of sp³-hybridized carbons (Fsp3) is 0.353. The minimum absolute atomic E-state index is 0.120. The average molecular weight is 315 g/mol. The number of carbonyl (C=O) groups excluding carboxylic acids is 1. The van der Waals surface area contributed by atoms with Gasteiger partial charge in [0.25, 0.3) is 5.90 Å². The van der Waals surface area contributed by atoms with Crippen LogP contribution < -0.4 is 0 Å². The molecule has 0 aliphatic heterocycles. The summed E-state index contributed by atoms with van der Waals surface area (Å²) in [4.78, 5) is 11.7. The van der Waals surface area contributed by atoms with Crippen LogP contribution in [0.25, 0.3) is 10.9 Å². The second-order valence-electron chi connectivity index (χ2n) is 5.03. The third kappa shape index (κ3) is 3.97. The van der Waals surface area contributed by atoms with Crippen LogP contribution in [0.3, 0.4) is 0 Å². The fourth-order valence-corrected chi connectivity index (χ4v) is 2.05. The minimum Gasteiger partial charge on any atom is -0.434 e. The van der Waals surface area contributed by atoms with E-state index in [0.29, 0.717) is 5.69 Å². The van der Waals surface area contributed by atoms with Crippen LogP contribution in [0.2, 0.25) is 0 Å². The van der Waals surface area contributed by atoms with E-state index in [1.807, 2.05) is 55.8 Å². The summed E-state index contributed by atoms with van der Waals surface area (Å²) in [5.74, 6) is 0.120. The van der Waals surface area contributed by atoms with Crippen molar-refractivity contribution in [3.63, 3.8) is 0 Å². The molecule has 0 radical (unpaired) electrons. The molecule has 0 N–H and O–H groups in total. The maximum atomic E-state index is 11.7. The number of fused-ring (bicyclic) bond motifs is 1. The van der Waals surface area contributed by atoms with Crippen LogP contribution >= 0.6 is 0 Å². The van der Waals surface area contributed by atoms with Gasteiger partial charge in [-0.15, -0.1) is 5.10 Å². The Bertz CT molecular complexity index is 760. The largest absolute Gasteiger partial charge is 0.515 e. The van der Waals surface area contributed by atoms with Crippen LogP contribution in [0, 0.1) is 0 Å². The molecule has 0 aliphatic rings. The van der Waals surface area contributed by atoms with Crippen molar-refractivity contribution in [2.75, 3.05) is 6.61 Å². The van der Waals surface area contributed by atoms with Crippen molar-refractivity contribution >= 4 is 28.7 Å². The molecule has 0 bridgehead atoms. The highest BCUT2D eigenvalue weighted by atomic mass is 16.7. The summed E-state index contributed by atoms with van der Waals surface area (Å²) >= 11 is 0. The molecule has 0 aliphatic carbocycles. The van der Waals surface area contributed by atoms with Gasteiger partial charge in [0, 0.05) is 23.7 Å². The Morgan fingerprint density at radius 1 is 1.22 bits per heavy atom. The highest BCUT2D eigenvalue weighted by Crippen LogP contribution is 2.19. The van der Waals surface area contributed by atoms with Gasteiger partial charge in [0.2, 0.25) is 0 Å². The predicted molar refractivity (Wildman–Crippen MR) is 91.0 cm³/mol. The molecule has 2 aromatic rings. The first kappa shape index (κ1) is 16.7. The van der Waals surface area contributed by atoms with Crippen LogP contribution in [-0.2, 0) is 16.5 Å². The topological polar surface area (TPSA) is 65.2 Å². The molecule has 6 nitrogen and oxygen atoms in total. The molecule has 0 spiro atoms. The third-order valence-electron chi connectivity index (χ3n) is 3.44. The quantitative estimate of drug-likeness (QED) is 0.372. The first-order valence-electron chi connectivity index (χ1n) is 7.57. The van der Waals surface area contributed by atoms with E-state index in [2.05, 4.69) is 10.2 Å². The predicted octanol–water partition coefficient (Wildman–Crippen LogP) is 3.88. The van der Waals surface area contributed by atoms with E-state index in [0.717, 1.165) is 23.0 Å². The van der Waals surface area contributed by atoms with E-state index in [1.54, 1.807) is 6.92 Å². The van der Waals surface area contributed by atoms with Gasteiger partial charge in [-0.25, -0.2) is 4.79 Å². The summed E-state index contributed by atoms with van der Waals surface area (Å²) in [5, 5.41) is 9.24. The summed E-state index contributed by atoms with van der Waals surface area (Å²) in [5.41, 5.74) is 2.51. The SMILES string of the molecule is CCOC(=O)O/C(=N\N=C(/C)CC)c1cc2ccccc2n1C. The molecule has 0 saturated heterocycles. The van der Waals surface area contributed by atoms with Gasteiger partial charge in [0.05, 0.1) is 6.61 Å². The van der Waals surface area contributed by atoms with Gasteiger partial charge < -0.3 is 14.0 Å². The highest BCUT2D eigenvalue weighted by Gasteiger charge is 2.17. The van der Waals surface area contributed by atoms with Crippen molar-refractivity contribution in [3.8, 4) is 0 Å². The zero-order chi connectivity index (χ0) is 16.8. The molecular weight excluding hydrogens is 294 g/mol. The number of rotatable bonds is 4. The Labute approximate surface area is 135 Å². The zero-order valence-electron chi connectivity index (χ0n) is 13.9. The molecule has 0 unspecified atom stereocenters. The molecule has 2 rings (SSSR count). The van der Waals surface area contributed by atoms with Crippen molar-refractivity contribution in [1.29, 1.82) is 0 Å². The number of nitrogens with zero attached hydrogens (tertiary/aromatic N) is 3. The summed E-state index contributed by atoms with van der Waals surface area (Å²) < 4.78 is 12.0. The first-order valence-corrected chi connectivity index (χ1v) is 7.57. The van der Waals surface area contributed by atoms with Crippen molar-refractivity contribution in [2.45, 2.75) is 27.2 Å². The molecule has 0 atom stereocenters. The van der Waals surface area contributed by atoms with Crippen LogP contribution in [0.5, 0.6) is 0 Å². The molecule has 122 valence electrons. The van der Waals surface area contributed by atoms with E-state index in [-0.39, 0.29) is 12.5 Å². The van der Waals surface area contributed by atoms with Crippen LogP contribution in [0.4, 0.5) is 4.79 Å². The lowest BCUT2D eigenvalue weighted by molar-refractivity contribution is 0.100. The molecule has 1 aromatic heterocycles. The van der Waals surface area contributed by atoms with E-state index in [1.165, 1.54) is 0 Å². The second-order valence-corrected chi connectivity index (χ2v) is 5.03. The number of hydrogen-bond donors (Lipinski definition) is 0. The number of benzene rings is 1. The number of ether oxygens (including phenoxy) is 2. The number of carbonyl (C=O) groups is 1. The van der Waals surface area contributed by atoms with E-state index < -0.39 is 6.16 Å². The maximum Gasteiger partial charge on any atom is 0.515 e. The summed E-state index contributed by atoms with van der Waals surface area (Å²) in [7, 11) is 1.89. The van der Waals surface area contributed by atoms with Gasteiger partial charge in [-0.2, -0.15) is 5.10 Å². The number of para-hydroxylation sites is 1. The Morgan fingerprint density at radius 3 is 2.61 bits per heavy atom.